The predicted octanol–water partition coefficient (Wildman–Crippen LogP) is 1.47. The van der Waals surface area contributed by atoms with Crippen molar-refractivity contribution in [3.05, 3.63) is 47.3 Å². The fourth-order valence-corrected chi connectivity index (χ4v) is 2.10. The number of aliphatic imine (C=N–C) groups is 1. The lowest BCUT2D eigenvalue weighted by Gasteiger charge is -2.24. The van der Waals surface area contributed by atoms with Gasteiger partial charge in [-0.25, -0.2) is 9.79 Å². The minimum Gasteiger partial charge on any atom is -0.402 e. The Labute approximate surface area is 117 Å². The fourth-order valence-electron chi connectivity index (χ4n) is 2.10. The molecule has 0 spiro atoms. The van der Waals surface area contributed by atoms with Crippen molar-refractivity contribution in [3.8, 4) is 0 Å². The molecule has 1 aromatic rings. The highest BCUT2D eigenvalue weighted by molar-refractivity contribution is 6.11. The molecule has 0 bridgehead atoms. The van der Waals surface area contributed by atoms with E-state index in [1.807, 2.05) is 36.1 Å². The zero-order valence-electron chi connectivity index (χ0n) is 11.3. The minimum absolute atomic E-state index is 0.350. The minimum atomic E-state index is -0.396. The van der Waals surface area contributed by atoms with Crippen molar-refractivity contribution in [2.24, 2.45) is 4.99 Å². The molecule has 20 heavy (non-hydrogen) atoms. The zero-order chi connectivity index (χ0) is 13.9. The Hall–Kier alpha value is -2.14. The molecule has 0 unspecified atom stereocenters. The van der Waals surface area contributed by atoms with E-state index in [1.54, 1.807) is 6.20 Å². The molecule has 0 amide bonds. The van der Waals surface area contributed by atoms with E-state index in [0.717, 1.165) is 24.2 Å². The maximum Gasteiger partial charge on any atom is 0.365 e. The van der Waals surface area contributed by atoms with Crippen molar-refractivity contribution in [1.82, 2.24) is 4.90 Å². The Kier molecular flexibility index (Phi) is 3.52. The van der Waals surface area contributed by atoms with Gasteiger partial charge in [0.1, 0.15) is 0 Å². The van der Waals surface area contributed by atoms with Crippen molar-refractivity contribution in [1.29, 1.82) is 0 Å². The van der Waals surface area contributed by atoms with E-state index >= 15 is 0 Å². The van der Waals surface area contributed by atoms with Crippen LogP contribution in [0, 0.1) is 6.92 Å². The van der Waals surface area contributed by atoms with Crippen LogP contribution in [0.5, 0.6) is 0 Å². The van der Waals surface area contributed by atoms with Crippen LogP contribution in [0.25, 0.3) is 0 Å². The van der Waals surface area contributed by atoms with E-state index < -0.39 is 5.97 Å². The summed E-state index contributed by atoms with van der Waals surface area (Å²) in [6, 6.07) is 7.74. The van der Waals surface area contributed by atoms with Gasteiger partial charge in [0.25, 0.3) is 0 Å². The fraction of sp³-hybridized carbons (Fsp3) is 0.333. The first-order valence-electron chi connectivity index (χ1n) is 6.64. The van der Waals surface area contributed by atoms with Crippen LogP contribution in [-0.4, -0.2) is 43.1 Å². The molecule has 1 aromatic carbocycles. The van der Waals surface area contributed by atoms with Gasteiger partial charge in [0, 0.05) is 24.9 Å². The lowest BCUT2D eigenvalue weighted by molar-refractivity contribution is -0.130. The molecule has 0 N–H and O–H groups in total. The number of esters is 1. The monoisotopic (exact) mass is 272 g/mol. The van der Waals surface area contributed by atoms with Crippen LogP contribution in [0.2, 0.25) is 0 Å². The van der Waals surface area contributed by atoms with Crippen LogP contribution in [0.1, 0.15) is 11.1 Å². The average Bonchev–Trinajstić information content (AvgIpc) is 2.82. The first-order valence-corrected chi connectivity index (χ1v) is 6.64. The third-order valence-electron chi connectivity index (χ3n) is 3.27. The number of benzene rings is 1. The number of carbonyl (C=O) groups excluding carboxylic acids is 1. The largest absolute Gasteiger partial charge is 0.402 e. The van der Waals surface area contributed by atoms with E-state index in [9.17, 15) is 4.79 Å². The number of nitrogens with zero attached hydrogens (tertiary/aromatic N) is 2. The molecule has 5 heteroatoms. The molecule has 0 radical (unpaired) electrons. The van der Waals surface area contributed by atoms with E-state index in [1.165, 1.54) is 0 Å². The Morgan fingerprint density at radius 3 is 2.60 bits per heavy atom. The second-order valence-corrected chi connectivity index (χ2v) is 4.84. The van der Waals surface area contributed by atoms with Gasteiger partial charge in [-0.2, -0.15) is 0 Å². The summed E-state index contributed by atoms with van der Waals surface area (Å²) >= 11 is 0. The SMILES string of the molecule is Cc1ccc(C2=N/C(=C\N3CCOCC3)C(=O)O2)cc1. The highest BCUT2D eigenvalue weighted by atomic mass is 16.6. The summed E-state index contributed by atoms with van der Waals surface area (Å²) in [7, 11) is 0. The molecule has 2 aliphatic heterocycles. The summed E-state index contributed by atoms with van der Waals surface area (Å²) in [4.78, 5) is 18.2. The number of hydrogen-bond acceptors (Lipinski definition) is 5. The first-order chi connectivity index (χ1) is 9.72. The smallest absolute Gasteiger partial charge is 0.365 e. The lowest BCUT2D eigenvalue weighted by Crippen LogP contribution is -2.32. The van der Waals surface area contributed by atoms with Crippen molar-refractivity contribution in [2.45, 2.75) is 6.92 Å². The quantitative estimate of drug-likeness (QED) is 0.604. The third-order valence-corrected chi connectivity index (χ3v) is 3.27. The third kappa shape index (κ3) is 2.72. The van der Waals surface area contributed by atoms with Gasteiger partial charge in [0.15, 0.2) is 5.70 Å². The molecule has 5 nitrogen and oxygen atoms in total. The Morgan fingerprint density at radius 2 is 1.90 bits per heavy atom. The van der Waals surface area contributed by atoms with Crippen LogP contribution in [-0.2, 0) is 14.3 Å². The molecule has 1 saturated heterocycles. The standard InChI is InChI=1S/C15H16N2O3/c1-11-2-4-12(5-3-11)14-16-13(15(18)20-14)10-17-6-8-19-9-7-17/h2-5,10H,6-9H2,1H3/b13-10-. The number of aryl methyl sites for hydroxylation is 1. The van der Waals surface area contributed by atoms with Crippen LogP contribution >= 0.6 is 0 Å². The molecular formula is C15H16N2O3. The van der Waals surface area contributed by atoms with Crippen molar-refractivity contribution < 1.29 is 14.3 Å². The summed E-state index contributed by atoms with van der Waals surface area (Å²) in [6.07, 6.45) is 1.76. The van der Waals surface area contributed by atoms with E-state index in [4.69, 9.17) is 9.47 Å². The predicted molar refractivity (Wildman–Crippen MR) is 74.3 cm³/mol. The van der Waals surface area contributed by atoms with Crippen LogP contribution in [0.4, 0.5) is 0 Å². The van der Waals surface area contributed by atoms with E-state index in [0.29, 0.717) is 24.8 Å². The maximum absolute atomic E-state index is 11.8. The van der Waals surface area contributed by atoms with Gasteiger partial charge in [0.2, 0.25) is 5.90 Å². The Bertz CT molecular complexity index is 569. The zero-order valence-corrected chi connectivity index (χ0v) is 11.3. The summed E-state index contributed by atoms with van der Waals surface area (Å²) in [5.41, 5.74) is 2.32. The van der Waals surface area contributed by atoms with Gasteiger partial charge in [-0.1, -0.05) is 17.7 Å². The molecular weight excluding hydrogens is 256 g/mol. The number of ether oxygens (including phenoxy) is 2. The number of hydrogen-bond donors (Lipinski definition) is 0. The van der Waals surface area contributed by atoms with E-state index in [-0.39, 0.29) is 0 Å². The van der Waals surface area contributed by atoms with Crippen molar-refractivity contribution in [2.75, 3.05) is 26.3 Å². The highest BCUT2D eigenvalue weighted by Crippen LogP contribution is 2.17. The number of rotatable bonds is 2. The number of morpholine rings is 1. The first kappa shape index (κ1) is 12.9. The molecule has 2 heterocycles. The molecule has 1 fully saturated rings. The van der Waals surface area contributed by atoms with Gasteiger partial charge >= 0.3 is 5.97 Å². The normalized spacial score (nSPS) is 21.1. The Balaban J connectivity index is 1.80. The molecule has 0 saturated carbocycles. The molecule has 2 aliphatic rings. The molecule has 0 aliphatic carbocycles. The Morgan fingerprint density at radius 1 is 1.20 bits per heavy atom. The van der Waals surface area contributed by atoms with Crippen LogP contribution < -0.4 is 0 Å². The molecule has 104 valence electrons. The van der Waals surface area contributed by atoms with E-state index in [2.05, 4.69) is 4.99 Å². The summed E-state index contributed by atoms with van der Waals surface area (Å²) < 4.78 is 10.5. The van der Waals surface area contributed by atoms with Gasteiger partial charge in [0.05, 0.1) is 13.2 Å². The number of carbonyl (C=O) groups is 1. The van der Waals surface area contributed by atoms with Gasteiger partial charge < -0.3 is 14.4 Å². The van der Waals surface area contributed by atoms with Crippen molar-refractivity contribution >= 4 is 11.9 Å². The number of cyclic esters (lactones) is 1. The van der Waals surface area contributed by atoms with Gasteiger partial charge in [-0.15, -0.1) is 0 Å². The molecule has 3 rings (SSSR count). The van der Waals surface area contributed by atoms with Crippen molar-refractivity contribution in [3.63, 3.8) is 0 Å². The summed E-state index contributed by atoms with van der Waals surface area (Å²) in [5.74, 6) is -0.0263. The molecule has 0 atom stereocenters. The lowest BCUT2D eigenvalue weighted by atomic mass is 10.1. The summed E-state index contributed by atoms with van der Waals surface area (Å²) in [5, 5.41) is 0. The van der Waals surface area contributed by atoms with Crippen LogP contribution in [0.3, 0.4) is 0 Å². The average molecular weight is 272 g/mol. The second-order valence-electron chi connectivity index (χ2n) is 4.84. The maximum atomic E-state index is 11.8. The highest BCUT2D eigenvalue weighted by Gasteiger charge is 2.25. The summed E-state index contributed by atoms with van der Waals surface area (Å²) in [6.45, 7) is 4.90. The van der Waals surface area contributed by atoms with Gasteiger partial charge in [-0.3, -0.25) is 0 Å². The molecule has 0 aromatic heterocycles. The second kappa shape index (κ2) is 5.46. The van der Waals surface area contributed by atoms with Gasteiger partial charge in [-0.05, 0) is 19.1 Å². The topological polar surface area (TPSA) is 51.1 Å². The van der Waals surface area contributed by atoms with Crippen LogP contribution in [0.15, 0.2) is 41.2 Å².